The molecule has 1 aromatic heterocycles. The number of methoxy groups -OCH3 is 2. The van der Waals surface area contributed by atoms with Crippen molar-refractivity contribution in [2.45, 2.75) is 26.3 Å². The first-order valence-electron chi connectivity index (χ1n) is 12.9. The van der Waals surface area contributed by atoms with Gasteiger partial charge in [0.15, 0.2) is 5.82 Å². The van der Waals surface area contributed by atoms with Crippen molar-refractivity contribution in [2.24, 2.45) is 0 Å². The summed E-state index contributed by atoms with van der Waals surface area (Å²) in [5.74, 6) is 2.03. The number of aromatic nitrogens is 2. The lowest BCUT2D eigenvalue weighted by atomic mass is 10.1. The number of anilines is 1. The van der Waals surface area contributed by atoms with Gasteiger partial charge < -0.3 is 24.2 Å². The number of benzene rings is 2. The van der Waals surface area contributed by atoms with Crippen LogP contribution in [0.2, 0.25) is 0 Å². The van der Waals surface area contributed by atoms with Crippen LogP contribution in [0.25, 0.3) is 11.3 Å². The molecular weight excluding hydrogens is 482 g/mol. The number of carbonyl (C=O) groups is 2. The molecule has 2 aromatic carbocycles. The molecule has 0 saturated carbocycles. The Labute approximate surface area is 224 Å². The lowest BCUT2D eigenvalue weighted by molar-refractivity contribution is -0.132. The van der Waals surface area contributed by atoms with Gasteiger partial charge >= 0.3 is 0 Å². The topological polar surface area (TPSA) is 88.1 Å². The standard InChI is InChI=1S/C29H35N5O4/c1-5-21(2)34(29(36)22-9-11-24(37-3)12-10-22)20-28(35)33-17-15-32(16-18-33)27-14-13-26(30-31-27)23-7-6-8-25(19-23)38-4/h6-14,19,21H,5,15-18,20H2,1-4H3. The summed E-state index contributed by atoms with van der Waals surface area (Å²) in [6, 6.07) is 18.5. The molecule has 0 aliphatic carbocycles. The van der Waals surface area contributed by atoms with Crippen molar-refractivity contribution < 1.29 is 19.1 Å². The fourth-order valence-corrected chi connectivity index (χ4v) is 4.41. The van der Waals surface area contributed by atoms with Crippen molar-refractivity contribution in [3.8, 4) is 22.8 Å². The van der Waals surface area contributed by atoms with Crippen LogP contribution in [0.1, 0.15) is 30.6 Å². The number of amides is 2. The lowest BCUT2D eigenvalue weighted by Crippen LogP contribution is -2.53. The molecular formula is C29H35N5O4. The normalized spacial score (nSPS) is 14.1. The second kappa shape index (κ2) is 12.4. The van der Waals surface area contributed by atoms with Gasteiger partial charge in [-0.05, 0) is 61.9 Å². The highest BCUT2D eigenvalue weighted by Gasteiger charge is 2.28. The number of nitrogens with zero attached hydrogens (tertiary/aromatic N) is 5. The van der Waals surface area contributed by atoms with Crippen LogP contribution in [-0.2, 0) is 4.79 Å². The zero-order valence-electron chi connectivity index (χ0n) is 22.5. The van der Waals surface area contributed by atoms with E-state index in [-0.39, 0.29) is 24.4 Å². The first kappa shape index (κ1) is 26.9. The second-order valence-corrected chi connectivity index (χ2v) is 9.30. The van der Waals surface area contributed by atoms with Gasteiger partial charge in [0.2, 0.25) is 5.91 Å². The minimum absolute atomic E-state index is 0.0498. The zero-order chi connectivity index (χ0) is 27.1. The summed E-state index contributed by atoms with van der Waals surface area (Å²) in [6.45, 7) is 6.45. The predicted octanol–water partition coefficient (Wildman–Crippen LogP) is 3.75. The Morgan fingerprint density at radius 1 is 0.921 bits per heavy atom. The second-order valence-electron chi connectivity index (χ2n) is 9.30. The maximum atomic E-state index is 13.2. The first-order chi connectivity index (χ1) is 18.4. The molecule has 200 valence electrons. The van der Waals surface area contributed by atoms with Gasteiger partial charge in [-0.3, -0.25) is 9.59 Å². The Morgan fingerprint density at radius 2 is 1.63 bits per heavy atom. The average Bonchev–Trinajstić information content (AvgIpc) is 2.99. The Morgan fingerprint density at radius 3 is 2.24 bits per heavy atom. The van der Waals surface area contributed by atoms with Crippen molar-refractivity contribution in [2.75, 3.05) is 51.8 Å². The van der Waals surface area contributed by atoms with Crippen molar-refractivity contribution >= 4 is 17.6 Å². The van der Waals surface area contributed by atoms with E-state index in [4.69, 9.17) is 9.47 Å². The van der Waals surface area contributed by atoms with Crippen LogP contribution < -0.4 is 14.4 Å². The summed E-state index contributed by atoms with van der Waals surface area (Å²) in [5, 5.41) is 8.83. The molecule has 1 aliphatic rings. The van der Waals surface area contributed by atoms with E-state index in [9.17, 15) is 9.59 Å². The van der Waals surface area contributed by atoms with Crippen molar-refractivity contribution in [1.29, 1.82) is 0 Å². The molecule has 9 nitrogen and oxygen atoms in total. The van der Waals surface area contributed by atoms with Crippen LogP contribution in [0.15, 0.2) is 60.7 Å². The predicted molar refractivity (Wildman–Crippen MR) is 147 cm³/mol. The summed E-state index contributed by atoms with van der Waals surface area (Å²) < 4.78 is 10.5. The van der Waals surface area contributed by atoms with E-state index in [1.54, 1.807) is 43.4 Å². The van der Waals surface area contributed by atoms with E-state index in [0.717, 1.165) is 29.2 Å². The molecule has 2 amide bonds. The van der Waals surface area contributed by atoms with Gasteiger partial charge in [0.05, 0.1) is 19.9 Å². The molecule has 1 aliphatic heterocycles. The molecule has 2 heterocycles. The molecule has 1 atom stereocenters. The molecule has 4 rings (SSSR count). The van der Waals surface area contributed by atoms with E-state index in [1.807, 2.05) is 55.1 Å². The van der Waals surface area contributed by atoms with Crippen LogP contribution in [0.4, 0.5) is 5.82 Å². The third kappa shape index (κ3) is 6.22. The molecule has 0 N–H and O–H groups in total. The SMILES string of the molecule is CCC(C)N(CC(=O)N1CCN(c2ccc(-c3cccc(OC)c3)nn2)CC1)C(=O)c1ccc(OC)cc1. The molecule has 0 radical (unpaired) electrons. The summed E-state index contributed by atoms with van der Waals surface area (Å²) in [5.41, 5.74) is 2.25. The van der Waals surface area contributed by atoms with Crippen LogP contribution in [0, 0.1) is 0 Å². The highest BCUT2D eigenvalue weighted by atomic mass is 16.5. The fraction of sp³-hybridized carbons (Fsp3) is 0.379. The van der Waals surface area contributed by atoms with Crippen LogP contribution >= 0.6 is 0 Å². The number of hydrogen-bond acceptors (Lipinski definition) is 7. The summed E-state index contributed by atoms with van der Waals surface area (Å²) >= 11 is 0. The van der Waals surface area contributed by atoms with Gasteiger partial charge in [0.25, 0.3) is 5.91 Å². The smallest absolute Gasteiger partial charge is 0.254 e. The van der Waals surface area contributed by atoms with Crippen molar-refractivity contribution in [3.05, 3.63) is 66.2 Å². The van der Waals surface area contributed by atoms with E-state index in [0.29, 0.717) is 37.5 Å². The molecule has 0 bridgehead atoms. The Hall–Kier alpha value is -4.14. The van der Waals surface area contributed by atoms with Crippen molar-refractivity contribution in [1.82, 2.24) is 20.0 Å². The monoisotopic (exact) mass is 517 g/mol. The summed E-state index contributed by atoms with van der Waals surface area (Å²) in [7, 11) is 3.23. The zero-order valence-corrected chi connectivity index (χ0v) is 22.5. The number of piperazine rings is 1. The number of hydrogen-bond donors (Lipinski definition) is 0. The highest BCUT2D eigenvalue weighted by Crippen LogP contribution is 2.23. The largest absolute Gasteiger partial charge is 0.497 e. The highest BCUT2D eigenvalue weighted by molar-refractivity contribution is 5.96. The third-order valence-corrected chi connectivity index (χ3v) is 7.00. The molecule has 38 heavy (non-hydrogen) atoms. The maximum Gasteiger partial charge on any atom is 0.254 e. The Bertz CT molecular complexity index is 1220. The van der Waals surface area contributed by atoms with E-state index >= 15 is 0 Å². The van der Waals surface area contributed by atoms with Gasteiger partial charge in [-0.15, -0.1) is 10.2 Å². The van der Waals surface area contributed by atoms with Crippen LogP contribution in [0.3, 0.4) is 0 Å². The molecule has 9 heteroatoms. The minimum atomic E-state index is -0.152. The van der Waals surface area contributed by atoms with Crippen LogP contribution in [-0.4, -0.2) is 84.8 Å². The molecule has 0 spiro atoms. The fourth-order valence-electron chi connectivity index (χ4n) is 4.41. The van der Waals surface area contributed by atoms with Gasteiger partial charge in [0, 0.05) is 43.3 Å². The Balaban J connectivity index is 1.36. The minimum Gasteiger partial charge on any atom is -0.497 e. The molecule has 1 unspecified atom stereocenters. The number of ether oxygens (including phenoxy) is 2. The summed E-state index contributed by atoms with van der Waals surface area (Å²) in [4.78, 5) is 32.1. The molecule has 1 fully saturated rings. The van der Waals surface area contributed by atoms with Gasteiger partial charge in [0.1, 0.15) is 18.0 Å². The maximum absolute atomic E-state index is 13.2. The van der Waals surface area contributed by atoms with Gasteiger partial charge in [-0.2, -0.15) is 0 Å². The molecule has 3 aromatic rings. The number of carbonyl (C=O) groups excluding carboxylic acids is 2. The van der Waals surface area contributed by atoms with Crippen LogP contribution in [0.5, 0.6) is 11.5 Å². The van der Waals surface area contributed by atoms with Gasteiger partial charge in [-0.25, -0.2) is 0 Å². The van der Waals surface area contributed by atoms with E-state index < -0.39 is 0 Å². The third-order valence-electron chi connectivity index (χ3n) is 7.00. The van der Waals surface area contributed by atoms with Crippen molar-refractivity contribution in [3.63, 3.8) is 0 Å². The Kier molecular flexibility index (Phi) is 8.78. The quantitative estimate of drug-likeness (QED) is 0.427. The van der Waals surface area contributed by atoms with Gasteiger partial charge in [-0.1, -0.05) is 19.1 Å². The lowest BCUT2D eigenvalue weighted by Gasteiger charge is -2.37. The number of rotatable bonds is 9. The van der Waals surface area contributed by atoms with E-state index in [2.05, 4.69) is 15.1 Å². The molecule has 1 saturated heterocycles. The van der Waals surface area contributed by atoms with E-state index in [1.165, 1.54) is 0 Å². The average molecular weight is 518 g/mol. The summed E-state index contributed by atoms with van der Waals surface area (Å²) in [6.07, 6.45) is 0.757. The first-order valence-corrected chi connectivity index (χ1v) is 12.9.